The van der Waals surface area contributed by atoms with Crippen LogP contribution in [-0.4, -0.2) is 23.9 Å². The van der Waals surface area contributed by atoms with Crippen molar-refractivity contribution in [3.05, 3.63) is 59.7 Å². The van der Waals surface area contributed by atoms with Crippen LogP contribution in [0.15, 0.2) is 48.5 Å². The van der Waals surface area contributed by atoms with Crippen LogP contribution < -0.4 is 11.1 Å². The highest BCUT2D eigenvalue weighted by Crippen LogP contribution is 2.21. The summed E-state index contributed by atoms with van der Waals surface area (Å²) in [4.78, 5) is 14.4. The van der Waals surface area contributed by atoms with Gasteiger partial charge in [0.05, 0.1) is 6.04 Å². The monoisotopic (exact) mass is 297 g/mol. The first-order chi connectivity index (χ1) is 10.5. The third kappa shape index (κ3) is 3.86. The average Bonchev–Trinajstić information content (AvgIpc) is 2.52. The Hall–Kier alpha value is -2.33. The summed E-state index contributed by atoms with van der Waals surface area (Å²) in [5, 5.41) is 2.96. The fourth-order valence-electron chi connectivity index (χ4n) is 2.23. The van der Waals surface area contributed by atoms with Gasteiger partial charge in [0.15, 0.2) is 0 Å². The Labute approximate surface area is 131 Å². The lowest BCUT2D eigenvalue weighted by Gasteiger charge is -2.24. The second-order valence-electron chi connectivity index (χ2n) is 5.59. The maximum Gasteiger partial charge on any atom is 0.241 e. The summed E-state index contributed by atoms with van der Waals surface area (Å²) in [6, 6.07) is 15.4. The molecular formula is C18H23N3O. The molecule has 116 valence electrons. The Bertz CT molecular complexity index is 640. The number of carbonyl (C=O) groups excluding carboxylic acids is 1. The minimum absolute atomic E-state index is 0.0351. The zero-order valence-electron chi connectivity index (χ0n) is 13.3. The van der Waals surface area contributed by atoms with E-state index in [1.54, 1.807) is 0 Å². The number of nitrogens with two attached hydrogens (primary N) is 1. The van der Waals surface area contributed by atoms with E-state index in [2.05, 4.69) is 17.4 Å². The molecule has 0 aliphatic rings. The summed E-state index contributed by atoms with van der Waals surface area (Å²) in [6.45, 7) is 4.54. The Morgan fingerprint density at radius 1 is 1.18 bits per heavy atom. The molecule has 0 fully saturated rings. The molecule has 2 aromatic rings. The zero-order valence-corrected chi connectivity index (χ0v) is 13.3. The lowest BCUT2D eigenvalue weighted by atomic mass is 10.1. The number of hydrogen-bond acceptors (Lipinski definition) is 3. The van der Waals surface area contributed by atoms with Crippen LogP contribution in [0.25, 0.3) is 0 Å². The fourth-order valence-corrected chi connectivity index (χ4v) is 2.23. The third-order valence-corrected chi connectivity index (χ3v) is 3.95. The predicted molar refractivity (Wildman–Crippen MR) is 91.6 cm³/mol. The van der Waals surface area contributed by atoms with Gasteiger partial charge in [-0.1, -0.05) is 36.4 Å². The number of carbonyl (C=O) groups is 1. The molecule has 1 unspecified atom stereocenters. The molecule has 1 atom stereocenters. The molecule has 2 rings (SSSR count). The number of benzene rings is 2. The van der Waals surface area contributed by atoms with Crippen LogP contribution in [0.3, 0.4) is 0 Å². The van der Waals surface area contributed by atoms with Crippen molar-refractivity contribution in [3.8, 4) is 0 Å². The zero-order chi connectivity index (χ0) is 16.1. The van der Waals surface area contributed by atoms with E-state index in [0.29, 0.717) is 5.69 Å². The number of nitrogen functional groups attached to an aromatic ring is 1. The van der Waals surface area contributed by atoms with Gasteiger partial charge in [0.1, 0.15) is 0 Å². The topological polar surface area (TPSA) is 58.4 Å². The van der Waals surface area contributed by atoms with Crippen molar-refractivity contribution in [2.45, 2.75) is 26.4 Å². The number of anilines is 2. The number of hydrogen-bond donors (Lipinski definition) is 2. The summed E-state index contributed by atoms with van der Waals surface area (Å²) >= 11 is 0. The van der Waals surface area contributed by atoms with Crippen molar-refractivity contribution in [1.82, 2.24) is 4.90 Å². The van der Waals surface area contributed by atoms with Crippen LogP contribution in [0.5, 0.6) is 0 Å². The normalized spacial score (nSPS) is 12.2. The van der Waals surface area contributed by atoms with E-state index < -0.39 is 0 Å². The standard InChI is InChI=1S/C18H23N3O/c1-13-16(19)10-7-11-17(13)20-18(22)14(2)21(3)12-15-8-5-4-6-9-15/h4-11,14H,12,19H2,1-3H3,(H,20,22). The molecular weight excluding hydrogens is 274 g/mol. The van der Waals surface area contributed by atoms with E-state index in [4.69, 9.17) is 5.73 Å². The molecule has 0 radical (unpaired) electrons. The van der Waals surface area contributed by atoms with Gasteiger partial charge in [0.25, 0.3) is 0 Å². The van der Waals surface area contributed by atoms with Crippen LogP contribution in [0.1, 0.15) is 18.1 Å². The predicted octanol–water partition coefficient (Wildman–Crippen LogP) is 3.04. The molecule has 0 aliphatic carbocycles. The minimum atomic E-state index is -0.235. The number of nitrogens with one attached hydrogen (secondary N) is 1. The van der Waals surface area contributed by atoms with E-state index in [1.165, 1.54) is 5.56 Å². The van der Waals surface area contributed by atoms with Gasteiger partial charge in [-0.25, -0.2) is 0 Å². The molecule has 4 nitrogen and oxygen atoms in total. The van der Waals surface area contributed by atoms with Gasteiger partial charge in [-0.2, -0.15) is 0 Å². The molecule has 2 aromatic carbocycles. The highest BCUT2D eigenvalue weighted by atomic mass is 16.2. The quantitative estimate of drug-likeness (QED) is 0.834. The summed E-state index contributed by atoms with van der Waals surface area (Å²) in [6.07, 6.45) is 0. The molecule has 3 N–H and O–H groups in total. The molecule has 0 aromatic heterocycles. The van der Waals surface area contributed by atoms with Crippen molar-refractivity contribution in [1.29, 1.82) is 0 Å². The summed E-state index contributed by atoms with van der Waals surface area (Å²) < 4.78 is 0. The lowest BCUT2D eigenvalue weighted by molar-refractivity contribution is -0.120. The molecule has 22 heavy (non-hydrogen) atoms. The molecule has 0 aliphatic heterocycles. The van der Waals surface area contributed by atoms with Gasteiger partial charge in [-0.15, -0.1) is 0 Å². The molecule has 0 bridgehead atoms. The van der Waals surface area contributed by atoms with E-state index in [1.807, 2.05) is 62.2 Å². The van der Waals surface area contributed by atoms with Crippen LogP contribution in [0.2, 0.25) is 0 Å². The smallest absolute Gasteiger partial charge is 0.241 e. The Balaban J connectivity index is 2.01. The second-order valence-corrected chi connectivity index (χ2v) is 5.59. The minimum Gasteiger partial charge on any atom is -0.398 e. The number of nitrogens with zero attached hydrogens (tertiary/aromatic N) is 1. The molecule has 0 heterocycles. The van der Waals surface area contributed by atoms with E-state index in [-0.39, 0.29) is 11.9 Å². The number of rotatable bonds is 5. The first-order valence-corrected chi connectivity index (χ1v) is 7.39. The fraction of sp³-hybridized carbons (Fsp3) is 0.278. The molecule has 0 saturated heterocycles. The van der Waals surface area contributed by atoms with E-state index in [0.717, 1.165) is 17.8 Å². The summed E-state index contributed by atoms with van der Waals surface area (Å²) in [7, 11) is 1.95. The van der Waals surface area contributed by atoms with E-state index in [9.17, 15) is 4.79 Å². The first kappa shape index (κ1) is 16.0. The van der Waals surface area contributed by atoms with Gasteiger partial charge in [0.2, 0.25) is 5.91 Å². The Morgan fingerprint density at radius 3 is 2.55 bits per heavy atom. The van der Waals surface area contributed by atoms with Crippen molar-refractivity contribution in [2.75, 3.05) is 18.1 Å². The SMILES string of the molecule is Cc1c(N)cccc1NC(=O)C(C)N(C)Cc1ccccc1. The van der Waals surface area contributed by atoms with Crippen molar-refractivity contribution >= 4 is 17.3 Å². The molecule has 0 saturated carbocycles. The van der Waals surface area contributed by atoms with Gasteiger partial charge in [-0.05, 0) is 44.2 Å². The summed E-state index contributed by atoms with van der Waals surface area (Å²) in [5.41, 5.74) is 9.41. The van der Waals surface area contributed by atoms with Gasteiger partial charge in [-0.3, -0.25) is 9.69 Å². The largest absolute Gasteiger partial charge is 0.398 e. The summed E-state index contributed by atoms with van der Waals surface area (Å²) in [5.74, 6) is -0.0351. The number of amides is 1. The highest BCUT2D eigenvalue weighted by Gasteiger charge is 2.19. The second kappa shape index (κ2) is 7.09. The van der Waals surface area contributed by atoms with Crippen LogP contribution >= 0.6 is 0 Å². The van der Waals surface area contributed by atoms with E-state index >= 15 is 0 Å². The Morgan fingerprint density at radius 2 is 1.86 bits per heavy atom. The van der Waals surface area contributed by atoms with Crippen LogP contribution in [-0.2, 0) is 11.3 Å². The van der Waals surface area contributed by atoms with Gasteiger partial charge >= 0.3 is 0 Å². The van der Waals surface area contributed by atoms with Crippen LogP contribution in [0.4, 0.5) is 11.4 Å². The molecule has 1 amide bonds. The van der Waals surface area contributed by atoms with Gasteiger partial charge in [0, 0.05) is 17.9 Å². The maximum atomic E-state index is 12.4. The molecule has 4 heteroatoms. The maximum absolute atomic E-state index is 12.4. The highest BCUT2D eigenvalue weighted by molar-refractivity contribution is 5.95. The van der Waals surface area contributed by atoms with Crippen molar-refractivity contribution in [3.63, 3.8) is 0 Å². The van der Waals surface area contributed by atoms with Crippen molar-refractivity contribution < 1.29 is 4.79 Å². The van der Waals surface area contributed by atoms with Crippen LogP contribution in [0, 0.1) is 6.92 Å². The lowest BCUT2D eigenvalue weighted by Crippen LogP contribution is -2.39. The number of likely N-dealkylation sites (N-methyl/N-ethyl adjacent to an activating group) is 1. The first-order valence-electron chi connectivity index (χ1n) is 7.39. The van der Waals surface area contributed by atoms with Gasteiger partial charge < -0.3 is 11.1 Å². The Kier molecular flexibility index (Phi) is 5.17. The average molecular weight is 297 g/mol. The molecule has 0 spiro atoms. The van der Waals surface area contributed by atoms with Crippen molar-refractivity contribution in [2.24, 2.45) is 0 Å². The third-order valence-electron chi connectivity index (χ3n) is 3.95.